The van der Waals surface area contributed by atoms with Crippen LogP contribution in [0.2, 0.25) is 0 Å². The van der Waals surface area contributed by atoms with Crippen LogP contribution in [0.4, 0.5) is 5.69 Å². The van der Waals surface area contributed by atoms with E-state index >= 15 is 0 Å². The summed E-state index contributed by atoms with van der Waals surface area (Å²) < 4.78 is 4.98. The van der Waals surface area contributed by atoms with Crippen LogP contribution in [0.1, 0.15) is 11.1 Å². The Balaban J connectivity index is 2.90. The number of nitrogens with zero attached hydrogens (tertiary/aromatic N) is 1. The maximum Gasteiger partial charge on any atom is 0.336 e. The summed E-state index contributed by atoms with van der Waals surface area (Å²) >= 11 is 0. The molecular formula is C11H9NO4. The van der Waals surface area contributed by atoms with Crippen molar-refractivity contribution in [2.24, 2.45) is 0 Å². The van der Waals surface area contributed by atoms with E-state index in [0.717, 1.165) is 0 Å². The molecule has 0 unspecified atom stereocenters. The van der Waals surface area contributed by atoms with Gasteiger partial charge in [0.2, 0.25) is 0 Å². The number of rotatable bonds is 1. The summed E-state index contributed by atoms with van der Waals surface area (Å²) in [5.41, 5.74) is 1.12. The van der Waals surface area contributed by atoms with E-state index in [1.807, 2.05) is 0 Å². The second-order valence-corrected chi connectivity index (χ2v) is 3.64. The molecule has 0 bridgehead atoms. The molecule has 5 nitrogen and oxygen atoms in total. The number of hydrogen-bond donors (Lipinski definition) is 0. The van der Waals surface area contributed by atoms with Crippen molar-refractivity contribution in [2.45, 2.75) is 13.8 Å². The van der Waals surface area contributed by atoms with E-state index in [1.54, 1.807) is 13.8 Å². The Labute approximate surface area is 90.5 Å². The predicted octanol–water partition coefficient (Wildman–Crippen LogP) is 2.32. The Hall–Kier alpha value is -2.17. The predicted molar refractivity (Wildman–Crippen MR) is 58.6 cm³/mol. The second kappa shape index (κ2) is 3.44. The molecule has 2 rings (SSSR count). The van der Waals surface area contributed by atoms with Gasteiger partial charge in [-0.25, -0.2) is 4.79 Å². The van der Waals surface area contributed by atoms with Gasteiger partial charge in [-0.05, 0) is 25.5 Å². The maximum absolute atomic E-state index is 11.1. The largest absolute Gasteiger partial charge is 0.423 e. The first kappa shape index (κ1) is 10.4. The summed E-state index contributed by atoms with van der Waals surface area (Å²) in [6.07, 6.45) is 0. The SMILES string of the molecule is Cc1cc2oc(=O)cc(C)c2cc1[N+](=O)[O-]. The zero-order valence-electron chi connectivity index (χ0n) is 8.81. The highest BCUT2D eigenvalue weighted by Crippen LogP contribution is 2.26. The topological polar surface area (TPSA) is 73.3 Å². The van der Waals surface area contributed by atoms with Gasteiger partial charge in [-0.2, -0.15) is 0 Å². The Morgan fingerprint density at radius 2 is 1.88 bits per heavy atom. The van der Waals surface area contributed by atoms with Crippen molar-refractivity contribution >= 4 is 16.7 Å². The Morgan fingerprint density at radius 1 is 1.19 bits per heavy atom. The van der Waals surface area contributed by atoms with E-state index in [9.17, 15) is 14.9 Å². The number of hydrogen-bond acceptors (Lipinski definition) is 4. The average molecular weight is 219 g/mol. The van der Waals surface area contributed by atoms with E-state index in [1.165, 1.54) is 18.2 Å². The monoisotopic (exact) mass is 219 g/mol. The van der Waals surface area contributed by atoms with Crippen LogP contribution in [0.25, 0.3) is 11.0 Å². The van der Waals surface area contributed by atoms with Gasteiger partial charge in [-0.1, -0.05) is 0 Å². The van der Waals surface area contributed by atoms with Crippen molar-refractivity contribution in [1.82, 2.24) is 0 Å². The minimum absolute atomic E-state index is 0.0319. The molecule has 0 N–H and O–H groups in total. The Kier molecular flexibility index (Phi) is 2.23. The number of nitro groups is 1. The number of benzene rings is 1. The maximum atomic E-state index is 11.1. The first-order valence-electron chi connectivity index (χ1n) is 4.68. The lowest BCUT2D eigenvalue weighted by molar-refractivity contribution is -0.385. The standard InChI is InChI=1S/C11H9NO4/c1-6-4-11(13)16-10-3-7(2)9(12(14)15)5-8(6)10/h3-5H,1-2H3. The normalized spacial score (nSPS) is 10.6. The average Bonchev–Trinajstić information content (AvgIpc) is 2.15. The van der Waals surface area contributed by atoms with Crippen molar-refractivity contribution in [3.05, 3.63) is 49.9 Å². The van der Waals surface area contributed by atoms with Gasteiger partial charge < -0.3 is 4.42 Å². The van der Waals surface area contributed by atoms with E-state index in [-0.39, 0.29) is 5.69 Å². The van der Waals surface area contributed by atoms with Gasteiger partial charge in [0.25, 0.3) is 5.69 Å². The molecule has 1 heterocycles. The van der Waals surface area contributed by atoms with Gasteiger partial charge in [0, 0.05) is 23.1 Å². The summed E-state index contributed by atoms with van der Waals surface area (Å²) in [7, 11) is 0. The summed E-state index contributed by atoms with van der Waals surface area (Å²) in [5.74, 6) is 0. The number of fused-ring (bicyclic) bond motifs is 1. The minimum atomic E-state index is -0.446. The van der Waals surface area contributed by atoms with E-state index in [0.29, 0.717) is 22.1 Å². The molecule has 1 aromatic carbocycles. The lowest BCUT2D eigenvalue weighted by Crippen LogP contribution is -1.99. The molecule has 0 atom stereocenters. The molecule has 0 spiro atoms. The van der Waals surface area contributed by atoms with Gasteiger partial charge in [-0.3, -0.25) is 10.1 Å². The third-order valence-corrected chi connectivity index (χ3v) is 2.46. The molecule has 0 aliphatic rings. The van der Waals surface area contributed by atoms with Crippen LogP contribution in [0.15, 0.2) is 27.4 Å². The van der Waals surface area contributed by atoms with Gasteiger partial charge in [0.1, 0.15) is 5.58 Å². The third kappa shape index (κ3) is 1.56. The fraction of sp³-hybridized carbons (Fsp3) is 0.182. The van der Waals surface area contributed by atoms with Gasteiger partial charge in [0.05, 0.1) is 4.92 Å². The molecule has 0 saturated heterocycles. The molecule has 82 valence electrons. The van der Waals surface area contributed by atoms with Crippen LogP contribution < -0.4 is 5.63 Å². The van der Waals surface area contributed by atoms with Crippen LogP contribution >= 0.6 is 0 Å². The molecule has 2 aromatic rings. The van der Waals surface area contributed by atoms with Gasteiger partial charge in [-0.15, -0.1) is 0 Å². The summed E-state index contributed by atoms with van der Waals surface area (Å²) in [6.45, 7) is 3.33. The highest BCUT2D eigenvalue weighted by Gasteiger charge is 2.14. The smallest absolute Gasteiger partial charge is 0.336 e. The molecule has 0 fully saturated rings. The van der Waals surface area contributed by atoms with Crippen molar-refractivity contribution in [2.75, 3.05) is 0 Å². The first-order valence-corrected chi connectivity index (χ1v) is 4.68. The van der Waals surface area contributed by atoms with Crippen LogP contribution in [-0.4, -0.2) is 4.92 Å². The second-order valence-electron chi connectivity index (χ2n) is 3.64. The quantitative estimate of drug-likeness (QED) is 0.419. The lowest BCUT2D eigenvalue weighted by atomic mass is 10.1. The zero-order valence-corrected chi connectivity index (χ0v) is 8.81. The van der Waals surface area contributed by atoms with E-state index < -0.39 is 10.5 Å². The number of aryl methyl sites for hydroxylation is 2. The molecule has 0 aliphatic carbocycles. The van der Waals surface area contributed by atoms with Crippen molar-refractivity contribution < 1.29 is 9.34 Å². The molecule has 0 aliphatic heterocycles. The fourth-order valence-electron chi connectivity index (χ4n) is 1.65. The van der Waals surface area contributed by atoms with Gasteiger partial charge >= 0.3 is 5.63 Å². The highest BCUT2D eigenvalue weighted by atomic mass is 16.6. The fourth-order valence-corrected chi connectivity index (χ4v) is 1.65. The molecule has 0 radical (unpaired) electrons. The zero-order chi connectivity index (χ0) is 11.9. The van der Waals surface area contributed by atoms with Crippen molar-refractivity contribution in [3.8, 4) is 0 Å². The third-order valence-electron chi connectivity index (χ3n) is 2.46. The first-order chi connectivity index (χ1) is 7.49. The highest BCUT2D eigenvalue weighted by molar-refractivity contribution is 5.83. The summed E-state index contributed by atoms with van der Waals surface area (Å²) in [4.78, 5) is 21.4. The van der Waals surface area contributed by atoms with Gasteiger partial charge in [0.15, 0.2) is 0 Å². The Morgan fingerprint density at radius 3 is 2.50 bits per heavy atom. The summed E-state index contributed by atoms with van der Waals surface area (Å²) in [6, 6.07) is 4.27. The van der Waals surface area contributed by atoms with Crippen LogP contribution in [0.3, 0.4) is 0 Å². The van der Waals surface area contributed by atoms with Crippen LogP contribution in [0, 0.1) is 24.0 Å². The molecule has 1 aromatic heterocycles. The molecular weight excluding hydrogens is 210 g/mol. The van der Waals surface area contributed by atoms with Crippen LogP contribution in [-0.2, 0) is 0 Å². The molecule has 16 heavy (non-hydrogen) atoms. The minimum Gasteiger partial charge on any atom is -0.423 e. The molecule has 0 saturated carbocycles. The lowest BCUT2D eigenvalue weighted by Gasteiger charge is -2.02. The molecule has 5 heteroatoms. The molecule has 0 amide bonds. The summed E-state index contributed by atoms with van der Waals surface area (Å²) in [5, 5.41) is 11.4. The number of nitro benzene ring substituents is 1. The van der Waals surface area contributed by atoms with E-state index in [2.05, 4.69) is 0 Å². The van der Waals surface area contributed by atoms with Crippen LogP contribution in [0.5, 0.6) is 0 Å². The Bertz CT molecular complexity index is 642. The van der Waals surface area contributed by atoms with Crippen molar-refractivity contribution in [1.29, 1.82) is 0 Å². The van der Waals surface area contributed by atoms with Crippen molar-refractivity contribution in [3.63, 3.8) is 0 Å². The van der Waals surface area contributed by atoms with E-state index in [4.69, 9.17) is 4.42 Å².